The molecule has 0 spiro atoms. The van der Waals surface area contributed by atoms with Crippen molar-refractivity contribution in [3.05, 3.63) is 48.2 Å². The maximum absolute atomic E-state index is 12.3. The van der Waals surface area contributed by atoms with E-state index in [1.165, 1.54) is 0 Å². The number of aryl methyl sites for hydroxylation is 1. The number of aromatic amines is 1. The van der Waals surface area contributed by atoms with Crippen LogP contribution >= 0.6 is 0 Å². The summed E-state index contributed by atoms with van der Waals surface area (Å²) < 4.78 is 0. The molecule has 1 saturated heterocycles. The van der Waals surface area contributed by atoms with Gasteiger partial charge in [0.1, 0.15) is 0 Å². The Morgan fingerprint density at radius 2 is 1.62 bits per heavy atom. The van der Waals surface area contributed by atoms with Crippen molar-refractivity contribution in [3.8, 4) is 11.3 Å². The number of nitrogens with zero attached hydrogens (tertiary/aromatic N) is 2. The van der Waals surface area contributed by atoms with Crippen molar-refractivity contribution >= 4 is 11.8 Å². The van der Waals surface area contributed by atoms with Crippen molar-refractivity contribution in [2.24, 2.45) is 0 Å². The van der Waals surface area contributed by atoms with E-state index in [2.05, 4.69) is 23.2 Å². The molecule has 0 unspecified atom stereocenters. The summed E-state index contributed by atoms with van der Waals surface area (Å²) in [7, 11) is 0. The molecule has 0 bridgehead atoms. The summed E-state index contributed by atoms with van der Waals surface area (Å²) in [5.74, 6) is 0.246. The molecule has 0 aliphatic carbocycles. The molecule has 126 valence electrons. The van der Waals surface area contributed by atoms with Crippen molar-refractivity contribution in [3.63, 3.8) is 0 Å². The highest BCUT2D eigenvalue weighted by atomic mass is 16.2. The van der Waals surface area contributed by atoms with Crippen molar-refractivity contribution in [1.29, 1.82) is 0 Å². The second-order valence-corrected chi connectivity index (χ2v) is 6.15. The Bertz CT molecular complexity index is 700. The highest BCUT2D eigenvalue weighted by Gasteiger charge is 2.22. The van der Waals surface area contributed by atoms with Crippen LogP contribution in [-0.4, -0.2) is 52.8 Å². The first kappa shape index (κ1) is 16.3. The Kier molecular flexibility index (Phi) is 4.99. The van der Waals surface area contributed by atoms with E-state index in [-0.39, 0.29) is 11.8 Å². The van der Waals surface area contributed by atoms with Gasteiger partial charge in [0.25, 0.3) is 0 Å². The Morgan fingerprint density at radius 3 is 2.29 bits per heavy atom. The van der Waals surface area contributed by atoms with Gasteiger partial charge >= 0.3 is 0 Å². The number of carbonyl (C=O) groups excluding carboxylic acids is 2. The molecule has 2 aromatic rings. The number of rotatable bonds is 4. The maximum Gasteiger partial charge on any atom is 0.223 e. The number of aromatic nitrogens is 1. The fourth-order valence-corrected chi connectivity index (χ4v) is 3.04. The van der Waals surface area contributed by atoms with E-state index in [9.17, 15) is 9.59 Å². The van der Waals surface area contributed by atoms with Gasteiger partial charge in [-0.15, -0.1) is 0 Å². The molecule has 1 fully saturated rings. The van der Waals surface area contributed by atoms with Crippen molar-refractivity contribution in [2.75, 3.05) is 26.2 Å². The molecule has 1 aromatic carbocycles. The normalized spacial score (nSPS) is 14.7. The Labute approximate surface area is 142 Å². The minimum absolute atomic E-state index is 0.0851. The van der Waals surface area contributed by atoms with Gasteiger partial charge in [-0.05, 0) is 24.1 Å². The minimum Gasteiger partial charge on any atom is -0.358 e. The average molecular weight is 325 g/mol. The van der Waals surface area contributed by atoms with Gasteiger partial charge in [0, 0.05) is 50.9 Å². The Balaban J connectivity index is 1.50. The molecule has 2 heterocycles. The van der Waals surface area contributed by atoms with Gasteiger partial charge in [0.05, 0.1) is 0 Å². The van der Waals surface area contributed by atoms with Crippen LogP contribution in [0.1, 0.15) is 19.0 Å². The molecule has 5 heteroatoms. The zero-order valence-corrected chi connectivity index (χ0v) is 14.0. The third-order valence-corrected chi connectivity index (χ3v) is 4.52. The largest absolute Gasteiger partial charge is 0.358 e. The number of hydrogen-bond donors (Lipinski definition) is 1. The molecule has 1 N–H and O–H groups in total. The first-order valence-electron chi connectivity index (χ1n) is 8.40. The summed E-state index contributed by atoms with van der Waals surface area (Å²) in [5.41, 5.74) is 3.30. The van der Waals surface area contributed by atoms with Gasteiger partial charge in [-0.2, -0.15) is 0 Å². The van der Waals surface area contributed by atoms with Crippen LogP contribution in [0.25, 0.3) is 11.3 Å². The molecule has 2 amide bonds. The van der Waals surface area contributed by atoms with Crippen molar-refractivity contribution < 1.29 is 9.59 Å². The van der Waals surface area contributed by atoms with E-state index in [0.29, 0.717) is 39.0 Å². The molecule has 0 atom stereocenters. The predicted octanol–water partition coefficient (Wildman–Crippen LogP) is 2.30. The van der Waals surface area contributed by atoms with Crippen LogP contribution < -0.4 is 0 Å². The SMILES string of the molecule is CC(=O)N1CCN(C(=O)CCc2ccc(-c3ccccc3)[nH]2)CC1. The van der Waals surface area contributed by atoms with Crippen LogP contribution in [0.15, 0.2) is 42.5 Å². The van der Waals surface area contributed by atoms with E-state index < -0.39 is 0 Å². The van der Waals surface area contributed by atoms with Gasteiger partial charge in [-0.3, -0.25) is 9.59 Å². The second-order valence-electron chi connectivity index (χ2n) is 6.15. The molecular weight excluding hydrogens is 302 g/mol. The van der Waals surface area contributed by atoms with Crippen molar-refractivity contribution in [2.45, 2.75) is 19.8 Å². The number of benzene rings is 1. The lowest BCUT2D eigenvalue weighted by molar-refractivity contribution is -0.138. The quantitative estimate of drug-likeness (QED) is 0.938. The summed E-state index contributed by atoms with van der Waals surface area (Å²) in [6.07, 6.45) is 1.20. The van der Waals surface area contributed by atoms with Gasteiger partial charge < -0.3 is 14.8 Å². The summed E-state index contributed by atoms with van der Waals surface area (Å²) in [6.45, 7) is 4.13. The molecule has 1 aliphatic rings. The topological polar surface area (TPSA) is 56.4 Å². The third-order valence-electron chi connectivity index (χ3n) is 4.52. The van der Waals surface area contributed by atoms with E-state index in [1.54, 1.807) is 11.8 Å². The van der Waals surface area contributed by atoms with Crippen LogP contribution in [0.4, 0.5) is 0 Å². The zero-order valence-electron chi connectivity index (χ0n) is 14.0. The molecule has 3 rings (SSSR count). The van der Waals surface area contributed by atoms with Crippen LogP contribution in [0.2, 0.25) is 0 Å². The smallest absolute Gasteiger partial charge is 0.223 e. The molecule has 24 heavy (non-hydrogen) atoms. The van der Waals surface area contributed by atoms with Crippen LogP contribution in [0, 0.1) is 0 Å². The van der Waals surface area contributed by atoms with E-state index >= 15 is 0 Å². The standard InChI is InChI=1S/C19H23N3O2/c1-15(23)21-11-13-22(14-12-21)19(24)10-8-17-7-9-18(20-17)16-5-3-2-4-6-16/h2-7,9,20H,8,10-14H2,1H3. The fourth-order valence-electron chi connectivity index (χ4n) is 3.04. The van der Waals surface area contributed by atoms with Gasteiger partial charge in [-0.1, -0.05) is 30.3 Å². The number of carbonyl (C=O) groups is 2. The number of H-pyrrole nitrogens is 1. The highest BCUT2D eigenvalue weighted by molar-refractivity contribution is 5.77. The highest BCUT2D eigenvalue weighted by Crippen LogP contribution is 2.18. The van der Waals surface area contributed by atoms with Crippen LogP contribution in [0.5, 0.6) is 0 Å². The summed E-state index contributed by atoms with van der Waals surface area (Å²) >= 11 is 0. The number of amides is 2. The minimum atomic E-state index is 0.0851. The summed E-state index contributed by atoms with van der Waals surface area (Å²) in [5, 5.41) is 0. The monoisotopic (exact) mass is 325 g/mol. The molecule has 0 radical (unpaired) electrons. The lowest BCUT2D eigenvalue weighted by Crippen LogP contribution is -2.50. The Morgan fingerprint density at radius 1 is 0.958 bits per heavy atom. The first-order valence-corrected chi connectivity index (χ1v) is 8.40. The number of hydrogen-bond acceptors (Lipinski definition) is 2. The predicted molar refractivity (Wildman–Crippen MR) is 93.4 cm³/mol. The third kappa shape index (κ3) is 3.85. The summed E-state index contributed by atoms with van der Waals surface area (Å²) in [4.78, 5) is 30.7. The van der Waals surface area contributed by atoms with E-state index in [4.69, 9.17) is 0 Å². The van der Waals surface area contributed by atoms with Crippen LogP contribution in [0.3, 0.4) is 0 Å². The first-order chi connectivity index (χ1) is 11.6. The average Bonchev–Trinajstić information content (AvgIpc) is 3.09. The van der Waals surface area contributed by atoms with Gasteiger partial charge in [-0.25, -0.2) is 0 Å². The molecule has 5 nitrogen and oxygen atoms in total. The van der Waals surface area contributed by atoms with Gasteiger partial charge in [0.15, 0.2) is 0 Å². The van der Waals surface area contributed by atoms with Crippen molar-refractivity contribution in [1.82, 2.24) is 14.8 Å². The maximum atomic E-state index is 12.3. The Hall–Kier alpha value is -2.56. The second kappa shape index (κ2) is 7.34. The number of piperazine rings is 1. The molecule has 0 saturated carbocycles. The molecule has 1 aliphatic heterocycles. The van der Waals surface area contributed by atoms with E-state index in [0.717, 1.165) is 17.0 Å². The number of nitrogens with one attached hydrogen (secondary N) is 1. The van der Waals surface area contributed by atoms with Gasteiger partial charge in [0.2, 0.25) is 11.8 Å². The van der Waals surface area contributed by atoms with Crippen LogP contribution in [-0.2, 0) is 16.0 Å². The lowest BCUT2D eigenvalue weighted by Gasteiger charge is -2.34. The molecule has 1 aromatic heterocycles. The molecular formula is C19H23N3O2. The fraction of sp³-hybridized carbons (Fsp3) is 0.368. The van der Waals surface area contributed by atoms with E-state index in [1.807, 2.05) is 29.2 Å². The lowest BCUT2D eigenvalue weighted by atomic mass is 10.2. The summed E-state index contributed by atoms with van der Waals surface area (Å²) in [6, 6.07) is 14.3. The zero-order chi connectivity index (χ0) is 16.9.